The Hall–Kier alpha value is -0.660. The second kappa shape index (κ2) is 4.91. The average Bonchev–Trinajstić information content (AvgIpc) is 2.11. The van der Waals surface area contributed by atoms with Gasteiger partial charge in [0.2, 0.25) is 10.0 Å². The maximum Gasteiger partial charge on any atom is 0.326 e. The number of esters is 1. The van der Waals surface area contributed by atoms with E-state index in [4.69, 9.17) is 5.11 Å². The summed E-state index contributed by atoms with van der Waals surface area (Å²) in [4.78, 5) is 11.0. The van der Waals surface area contributed by atoms with Gasteiger partial charge in [-0.3, -0.25) is 4.79 Å². The van der Waals surface area contributed by atoms with Crippen molar-refractivity contribution in [2.75, 3.05) is 13.7 Å². The first-order valence-electron chi connectivity index (χ1n) is 4.36. The van der Waals surface area contributed by atoms with Crippen LogP contribution >= 0.6 is 0 Å². The minimum atomic E-state index is -3.67. The van der Waals surface area contributed by atoms with Crippen LogP contribution in [0.4, 0.5) is 0 Å². The van der Waals surface area contributed by atoms with Crippen LogP contribution in [-0.2, 0) is 19.6 Å². The van der Waals surface area contributed by atoms with Crippen molar-refractivity contribution in [3.8, 4) is 0 Å². The zero-order chi connectivity index (χ0) is 12.3. The Bertz CT molecular complexity index is 316. The maximum atomic E-state index is 11.6. The Kier molecular flexibility index (Phi) is 4.69. The summed E-state index contributed by atoms with van der Waals surface area (Å²) in [6.45, 7) is 3.82. The van der Waals surface area contributed by atoms with Gasteiger partial charge in [-0.15, -0.1) is 0 Å². The molecule has 0 radical (unpaired) electrons. The van der Waals surface area contributed by atoms with E-state index in [1.54, 1.807) is 0 Å². The van der Waals surface area contributed by atoms with Gasteiger partial charge in [0.15, 0.2) is 0 Å². The number of methoxy groups -OCH3 is 1. The van der Waals surface area contributed by atoms with E-state index in [2.05, 4.69) is 9.46 Å². The highest BCUT2D eigenvalue weighted by molar-refractivity contribution is 7.90. The highest BCUT2D eigenvalue weighted by atomic mass is 32.2. The lowest BCUT2D eigenvalue weighted by Crippen LogP contribution is -2.49. The molecule has 0 aliphatic carbocycles. The number of carbonyl (C=O) groups is 1. The molecule has 0 amide bonds. The molecule has 0 spiro atoms. The summed E-state index contributed by atoms with van der Waals surface area (Å²) < 4.78 is 28.6. The molecule has 0 bridgehead atoms. The van der Waals surface area contributed by atoms with Crippen molar-refractivity contribution < 1.29 is 23.1 Å². The van der Waals surface area contributed by atoms with Gasteiger partial charge in [0.05, 0.1) is 18.5 Å². The summed E-state index contributed by atoms with van der Waals surface area (Å²) >= 11 is 0. The van der Waals surface area contributed by atoms with E-state index in [-0.39, 0.29) is 0 Å². The molecular formula is C8H17NO5S. The van der Waals surface area contributed by atoms with Crippen molar-refractivity contribution >= 4 is 16.0 Å². The van der Waals surface area contributed by atoms with Gasteiger partial charge in [-0.2, -0.15) is 4.72 Å². The standard InChI is InChI=1S/C8H17NO5S/c1-8(2,3)15(12,13)9-6(5-10)7(11)14-4/h6,9-10H,5H2,1-4H3. The fraction of sp³-hybridized carbons (Fsp3) is 0.875. The third kappa shape index (κ3) is 3.77. The molecule has 1 unspecified atom stereocenters. The Labute approximate surface area is 89.7 Å². The number of hydrogen-bond donors (Lipinski definition) is 2. The first kappa shape index (κ1) is 14.3. The number of rotatable bonds is 4. The smallest absolute Gasteiger partial charge is 0.326 e. The molecule has 0 saturated carbocycles. The Morgan fingerprint density at radius 2 is 1.93 bits per heavy atom. The van der Waals surface area contributed by atoms with Crippen LogP contribution < -0.4 is 4.72 Å². The van der Waals surface area contributed by atoms with Crippen molar-refractivity contribution in [1.82, 2.24) is 4.72 Å². The van der Waals surface area contributed by atoms with Gasteiger partial charge in [0.25, 0.3) is 0 Å². The van der Waals surface area contributed by atoms with Gasteiger partial charge in [0.1, 0.15) is 6.04 Å². The lowest BCUT2D eigenvalue weighted by atomic mass is 10.3. The highest BCUT2D eigenvalue weighted by Crippen LogP contribution is 2.13. The molecule has 90 valence electrons. The van der Waals surface area contributed by atoms with E-state index >= 15 is 0 Å². The monoisotopic (exact) mass is 239 g/mol. The molecule has 0 saturated heterocycles. The van der Waals surface area contributed by atoms with Crippen LogP contribution in [0.3, 0.4) is 0 Å². The van der Waals surface area contributed by atoms with Gasteiger partial charge >= 0.3 is 5.97 Å². The van der Waals surface area contributed by atoms with E-state index in [1.165, 1.54) is 20.8 Å². The first-order chi connectivity index (χ1) is 6.65. The van der Waals surface area contributed by atoms with Crippen molar-refractivity contribution in [3.63, 3.8) is 0 Å². The van der Waals surface area contributed by atoms with Gasteiger partial charge in [0, 0.05) is 0 Å². The fourth-order valence-electron chi connectivity index (χ4n) is 0.666. The van der Waals surface area contributed by atoms with Crippen LogP contribution in [0.5, 0.6) is 0 Å². The van der Waals surface area contributed by atoms with Crippen LogP contribution in [0, 0.1) is 0 Å². The quantitative estimate of drug-likeness (QED) is 0.629. The largest absolute Gasteiger partial charge is 0.468 e. The molecule has 0 aliphatic heterocycles. The summed E-state index contributed by atoms with van der Waals surface area (Å²) in [5, 5.41) is 8.83. The molecule has 0 aliphatic rings. The Balaban J connectivity index is 4.79. The fourth-order valence-corrected chi connectivity index (χ4v) is 1.57. The molecule has 2 N–H and O–H groups in total. The van der Waals surface area contributed by atoms with Crippen molar-refractivity contribution in [1.29, 1.82) is 0 Å². The zero-order valence-electron chi connectivity index (χ0n) is 9.27. The number of carbonyl (C=O) groups excluding carboxylic acids is 1. The Morgan fingerprint density at radius 3 is 2.20 bits per heavy atom. The SMILES string of the molecule is COC(=O)C(CO)NS(=O)(=O)C(C)(C)C. The lowest BCUT2D eigenvalue weighted by Gasteiger charge is -2.22. The van der Waals surface area contributed by atoms with Gasteiger partial charge in [-0.1, -0.05) is 0 Å². The predicted molar refractivity (Wildman–Crippen MR) is 54.7 cm³/mol. The number of ether oxygens (including phenoxy) is 1. The molecule has 1 atom stereocenters. The number of aliphatic hydroxyl groups is 1. The van der Waals surface area contributed by atoms with Crippen molar-refractivity contribution in [2.45, 2.75) is 31.6 Å². The summed E-state index contributed by atoms with van der Waals surface area (Å²) in [5.41, 5.74) is 0. The minimum Gasteiger partial charge on any atom is -0.468 e. The second-order valence-electron chi connectivity index (χ2n) is 3.99. The van der Waals surface area contributed by atoms with Crippen LogP contribution in [0.15, 0.2) is 0 Å². The maximum absolute atomic E-state index is 11.6. The molecule has 15 heavy (non-hydrogen) atoms. The number of sulfonamides is 1. The Morgan fingerprint density at radius 1 is 1.47 bits per heavy atom. The van der Waals surface area contributed by atoms with Crippen LogP contribution in [0.25, 0.3) is 0 Å². The minimum absolute atomic E-state index is 0.637. The molecule has 6 nitrogen and oxygen atoms in total. The lowest BCUT2D eigenvalue weighted by molar-refractivity contribution is -0.143. The van der Waals surface area contributed by atoms with E-state index in [0.717, 1.165) is 7.11 Å². The predicted octanol–water partition coefficient (Wildman–Crippen LogP) is -0.762. The van der Waals surface area contributed by atoms with E-state index in [1.807, 2.05) is 0 Å². The van der Waals surface area contributed by atoms with Gasteiger partial charge in [-0.05, 0) is 20.8 Å². The molecule has 0 fully saturated rings. The topological polar surface area (TPSA) is 92.7 Å². The molecule has 7 heteroatoms. The van der Waals surface area contributed by atoms with Gasteiger partial charge in [-0.25, -0.2) is 8.42 Å². The van der Waals surface area contributed by atoms with Crippen LogP contribution in [0.2, 0.25) is 0 Å². The summed E-state index contributed by atoms with van der Waals surface area (Å²) in [6.07, 6.45) is 0. The first-order valence-corrected chi connectivity index (χ1v) is 5.84. The van der Waals surface area contributed by atoms with E-state index in [9.17, 15) is 13.2 Å². The number of aliphatic hydroxyl groups excluding tert-OH is 1. The van der Waals surface area contributed by atoms with Crippen LogP contribution in [0.1, 0.15) is 20.8 Å². The summed E-state index contributed by atoms with van der Waals surface area (Å²) in [7, 11) is -2.55. The highest BCUT2D eigenvalue weighted by Gasteiger charge is 2.33. The summed E-state index contributed by atoms with van der Waals surface area (Å²) in [5.74, 6) is -0.815. The third-order valence-corrected chi connectivity index (χ3v) is 3.98. The third-order valence-electron chi connectivity index (χ3n) is 1.77. The molecule has 0 aromatic heterocycles. The van der Waals surface area contributed by atoms with Crippen molar-refractivity contribution in [3.05, 3.63) is 0 Å². The van der Waals surface area contributed by atoms with E-state index in [0.29, 0.717) is 0 Å². The van der Waals surface area contributed by atoms with Crippen molar-refractivity contribution in [2.24, 2.45) is 0 Å². The number of nitrogens with one attached hydrogen (secondary N) is 1. The molecule has 0 rings (SSSR count). The normalized spacial score (nSPS) is 14.7. The zero-order valence-corrected chi connectivity index (χ0v) is 10.1. The molecule has 0 heterocycles. The molecule has 0 aromatic carbocycles. The van der Waals surface area contributed by atoms with Crippen LogP contribution in [-0.4, -0.2) is 44.0 Å². The van der Waals surface area contributed by atoms with Gasteiger partial charge < -0.3 is 9.84 Å². The number of hydrogen-bond acceptors (Lipinski definition) is 5. The second-order valence-corrected chi connectivity index (χ2v) is 6.46. The van der Waals surface area contributed by atoms with E-state index < -0.39 is 33.4 Å². The molecule has 0 aromatic rings. The summed E-state index contributed by atoms with van der Waals surface area (Å²) in [6, 6.07) is -1.25. The average molecular weight is 239 g/mol. The molecular weight excluding hydrogens is 222 g/mol.